The number of thioether (sulfide) groups is 1. The number of imidazole rings is 1. The van der Waals surface area contributed by atoms with Gasteiger partial charge in [0.2, 0.25) is 0 Å². The lowest BCUT2D eigenvalue weighted by Crippen LogP contribution is -2.25. The average Bonchev–Trinajstić information content (AvgIpc) is 2.77. The van der Waals surface area contributed by atoms with E-state index in [1.165, 1.54) is 18.4 Å². The summed E-state index contributed by atoms with van der Waals surface area (Å²) in [5.74, 6) is 1.12. The first-order chi connectivity index (χ1) is 9.19. The fourth-order valence-electron chi connectivity index (χ4n) is 2.18. The van der Waals surface area contributed by atoms with Crippen LogP contribution < -0.4 is 5.32 Å². The van der Waals surface area contributed by atoms with Gasteiger partial charge in [-0.05, 0) is 50.9 Å². The summed E-state index contributed by atoms with van der Waals surface area (Å²) in [6, 6.07) is 6.96. The van der Waals surface area contributed by atoms with Gasteiger partial charge in [0, 0.05) is 11.8 Å². The molecule has 0 aliphatic carbocycles. The Kier molecular flexibility index (Phi) is 5.28. The third kappa shape index (κ3) is 4.25. The molecule has 2 aromatic rings. The van der Waals surface area contributed by atoms with E-state index in [1.807, 2.05) is 11.8 Å². The van der Waals surface area contributed by atoms with Crippen LogP contribution in [-0.4, -0.2) is 28.3 Å². The normalized spacial score (nSPS) is 13.0. The van der Waals surface area contributed by atoms with Crippen molar-refractivity contribution in [2.45, 2.75) is 44.8 Å². The molecule has 3 nitrogen and oxygen atoms in total. The van der Waals surface area contributed by atoms with E-state index in [9.17, 15) is 0 Å². The van der Waals surface area contributed by atoms with Crippen LogP contribution in [0.3, 0.4) is 0 Å². The number of H-pyrrole nitrogens is 1. The van der Waals surface area contributed by atoms with Gasteiger partial charge in [-0.25, -0.2) is 4.98 Å². The van der Waals surface area contributed by atoms with Crippen LogP contribution in [0.5, 0.6) is 0 Å². The van der Waals surface area contributed by atoms with Crippen molar-refractivity contribution < 1.29 is 0 Å². The second kappa shape index (κ2) is 6.96. The summed E-state index contributed by atoms with van der Waals surface area (Å²) in [6.07, 6.45) is 2.44. The first kappa shape index (κ1) is 14.4. The van der Waals surface area contributed by atoms with Crippen molar-refractivity contribution >= 4 is 22.8 Å². The molecule has 1 aromatic carbocycles. The van der Waals surface area contributed by atoms with Crippen LogP contribution >= 0.6 is 11.8 Å². The predicted molar refractivity (Wildman–Crippen MR) is 83.9 cm³/mol. The number of nitrogens with one attached hydrogen (secondary N) is 2. The fraction of sp³-hybridized carbons (Fsp3) is 0.533. The molecule has 0 bridgehead atoms. The van der Waals surface area contributed by atoms with Crippen LogP contribution in [0, 0.1) is 6.92 Å². The summed E-state index contributed by atoms with van der Waals surface area (Å²) >= 11 is 1.82. The third-order valence-electron chi connectivity index (χ3n) is 3.19. The lowest BCUT2D eigenvalue weighted by atomic mass is 10.2. The number of rotatable bonds is 7. The van der Waals surface area contributed by atoms with Gasteiger partial charge < -0.3 is 10.3 Å². The number of aromatic amines is 1. The largest absolute Gasteiger partial charge is 0.333 e. The van der Waals surface area contributed by atoms with E-state index in [0.29, 0.717) is 6.04 Å². The van der Waals surface area contributed by atoms with Gasteiger partial charge in [0.15, 0.2) is 5.16 Å². The molecule has 0 spiro atoms. The highest BCUT2D eigenvalue weighted by atomic mass is 32.2. The summed E-state index contributed by atoms with van der Waals surface area (Å²) in [5, 5.41) is 4.48. The summed E-state index contributed by atoms with van der Waals surface area (Å²) < 4.78 is 0. The van der Waals surface area contributed by atoms with E-state index >= 15 is 0 Å². The molecule has 104 valence electrons. The number of fused-ring (bicyclic) bond motifs is 1. The monoisotopic (exact) mass is 277 g/mol. The lowest BCUT2D eigenvalue weighted by molar-refractivity contribution is 0.526. The topological polar surface area (TPSA) is 40.7 Å². The Hall–Kier alpha value is -1.00. The molecule has 2 N–H and O–H groups in total. The van der Waals surface area contributed by atoms with Crippen molar-refractivity contribution in [2.75, 3.05) is 12.3 Å². The Bertz CT molecular complexity index is 521. The smallest absolute Gasteiger partial charge is 0.166 e. The first-order valence-electron chi connectivity index (χ1n) is 7.01. The standard InChI is InChI=1S/C15H23N3S/c1-4-16-12(3)6-5-9-19-15-17-13-8-7-11(2)10-14(13)18-15/h7-8,10,12,16H,4-6,9H2,1-3H3,(H,17,18). The minimum absolute atomic E-state index is 0.615. The second-order valence-electron chi connectivity index (χ2n) is 5.01. The molecule has 0 radical (unpaired) electrons. The molecular formula is C15H23N3S. The van der Waals surface area contributed by atoms with Crippen molar-refractivity contribution in [1.82, 2.24) is 15.3 Å². The molecule has 0 saturated carbocycles. The van der Waals surface area contributed by atoms with Crippen LogP contribution in [0.15, 0.2) is 23.4 Å². The van der Waals surface area contributed by atoms with E-state index in [-0.39, 0.29) is 0 Å². The van der Waals surface area contributed by atoms with Gasteiger partial charge in [0.05, 0.1) is 11.0 Å². The maximum absolute atomic E-state index is 4.60. The molecule has 2 rings (SSSR count). The van der Waals surface area contributed by atoms with E-state index in [0.717, 1.165) is 28.5 Å². The van der Waals surface area contributed by atoms with Crippen LogP contribution in [0.2, 0.25) is 0 Å². The Balaban J connectivity index is 1.81. The van der Waals surface area contributed by atoms with Gasteiger partial charge in [0.1, 0.15) is 0 Å². The molecule has 4 heteroatoms. The van der Waals surface area contributed by atoms with Crippen molar-refractivity contribution in [3.05, 3.63) is 23.8 Å². The lowest BCUT2D eigenvalue weighted by Gasteiger charge is -2.10. The molecule has 1 unspecified atom stereocenters. The van der Waals surface area contributed by atoms with Crippen molar-refractivity contribution in [1.29, 1.82) is 0 Å². The summed E-state index contributed by atoms with van der Waals surface area (Å²) in [7, 11) is 0. The van der Waals surface area contributed by atoms with Crippen LogP contribution in [0.4, 0.5) is 0 Å². The van der Waals surface area contributed by atoms with Gasteiger partial charge >= 0.3 is 0 Å². The van der Waals surface area contributed by atoms with Gasteiger partial charge in [-0.1, -0.05) is 24.8 Å². The first-order valence-corrected chi connectivity index (χ1v) is 8.00. The minimum atomic E-state index is 0.615. The molecule has 0 fully saturated rings. The Morgan fingerprint density at radius 1 is 1.42 bits per heavy atom. The zero-order valence-electron chi connectivity index (χ0n) is 12.0. The highest BCUT2D eigenvalue weighted by Gasteiger charge is 2.04. The van der Waals surface area contributed by atoms with E-state index in [1.54, 1.807) is 0 Å². The number of aromatic nitrogens is 2. The Labute approximate surface area is 119 Å². The third-order valence-corrected chi connectivity index (χ3v) is 4.15. The fourth-order valence-corrected chi connectivity index (χ4v) is 3.03. The molecule has 0 aliphatic rings. The summed E-state index contributed by atoms with van der Waals surface area (Å²) in [4.78, 5) is 7.98. The highest BCUT2D eigenvalue weighted by molar-refractivity contribution is 7.99. The molecule has 1 atom stereocenters. The number of hydrogen-bond donors (Lipinski definition) is 2. The molecule has 1 aromatic heterocycles. The molecule has 1 heterocycles. The van der Waals surface area contributed by atoms with E-state index in [4.69, 9.17) is 0 Å². The van der Waals surface area contributed by atoms with Crippen molar-refractivity contribution in [2.24, 2.45) is 0 Å². The minimum Gasteiger partial charge on any atom is -0.333 e. The van der Waals surface area contributed by atoms with Crippen LogP contribution in [-0.2, 0) is 0 Å². The van der Waals surface area contributed by atoms with Gasteiger partial charge in [-0.3, -0.25) is 0 Å². The zero-order chi connectivity index (χ0) is 13.7. The van der Waals surface area contributed by atoms with Gasteiger partial charge in [-0.2, -0.15) is 0 Å². The predicted octanol–water partition coefficient (Wildman–Crippen LogP) is 3.74. The molecule has 19 heavy (non-hydrogen) atoms. The number of nitrogens with zero attached hydrogens (tertiary/aromatic N) is 1. The highest BCUT2D eigenvalue weighted by Crippen LogP contribution is 2.21. The van der Waals surface area contributed by atoms with Gasteiger partial charge in [0.25, 0.3) is 0 Å². The zero-order valence-corrected chi connectivity index (χ0v) is 12.8. The quantitative estimate of drug-likeness (QED) is 0.598. The van der Waals surface area contributed by atoms with Crippen molar-refractivity contribution in [3.63, 3.8) is 0 Å². The molecular weight excluding hydrogens is 254 g/mol. The summed E-state index contributed by atoms with van der Waals surface area (Å²) in [5.41, 5.74) is 3.48. The molecule has 0 saturated heterocycles. The Morgan fingerprint density at radius 3 is 3.05 bits per heavy atom. The molecule has 0 amide bonds. The van der Waals surface area contributed by atoms with Gasteiger partial charge in [-0.15, -0.1) is 0 Å². The Morgan fingerprint density at radius 2 is 2.26 bits per heavy atom. The average molecular weight is 277 g/mol. The van der Waals surface area contributed by atoms with Crippen LogP contribution in [0.1, 0.15) is 32.3 Å². The van der Waals surface area contributed by atoms with E-state index < -0.39 is 0 Å². The maximum atomic E-state index is 4.60. The van der Waals surface area contributed by atoms with Crippen LogP contribution in [0.25, 0.3) is 11.0 Å². The second-order valence-corrected chi connectivity index (χ2v) is 6.10. The number of hydrogen-bond acceptors (Lipinski definition) is 3. The maximum Gasteiger partial charge on any atom is 0.166 e. The van der Waals surface area contributed by atoms with Crippen molar-refractivity contribution in [3.8, 4) is 0 Å². The van der Waals surface area contributed by atoms with E-state index in [2.05, 4.69) is 54.3 Å². The SMILES string of the molecule is CCNC(C)CCCSc1nc2ccc(C)cc2[nH]1. The summed E-state index contributed by atoms with van der Waals surface area (Å²) in [6.45, 7) is 7.56. The number of aryl methyl sites for hydroxylation is 1. The number of benzene rings is 1. The molecule has 0 aliphatic heterocycles.